The zero-order valence-corrected chi connectivity index (χ0v) is 12.0. The molecule has 1 aliphatic carbocycles. The number of fused-ring (bicyclic) bond motifs is 1. The van der Waals surface area contributed by atoms with E-state index in [0.717, 1.165) is 25.7 Å². The maximum atomic E-state index is 12.3. The summed E-state index contributed by atoms with van der Waals surface area (Å²) in [6.07, 6.45) is 3.74. The van der Waals surface area contributed by atoms with Crippen LogP contribution in [0.2, 0.25) is 0 Å². The molecule has 1 fully saturated rings. The normalized spacial score (nSPS) is 17.1. The van der Waals surface area contributed by atoms with Crippen LogP contribution in [0.5, 0.6) is 0 Å². The number of nitrogens with one attached hydrogen (secondary N) is 1. The number of rotatable bonds is 5. The molecule has 0 bridgehead atoms. The molecule has 21 heavy (non-hydrogen) atoms. The molecule has 1 saturated carbocycles. The van der Waals surface area contributed by atoms with Crippen LogP contribution in [-0.2, 0) is 0 Å². The van der Waals surface area contributed by atoms with Crippen molar-refractivity contribution in [2.24, 2.45) is 0 Å². The molecule has 110 valence electrons. The van der Waals surface area contributed by atoms with Gasteiger partial charge in [-0.3, -0.25) is 19.3 Å². The van der Waals surface area contributed by atoms with Crippen LogP contribution >= 0.6 is 0 Å². The lowest BCUT2D eigenvalue weighted by molar-refractivity contribution is 0.0652. The molecule has 1 heterocycles. The molecule has 0 aromatic heterocycles. The Morgan fingerprint density at radius 1 is 1.24 bits per heavy atom. The van der Waals surface area contributed by atoms with E-state index >= 15 is 0 Å². The first-order valence-corrected chi connectivity index (χ1v) is 7.43. The van der Waals surface area contributed by atoms with Gasteiger partial charge in [0.1, 0.15) is 0 Å². The van der Waals surface area contributed by atoms with E-state index in [9.17, 15) is 14.4 Å². The number of imide groups is 1. The van der Waals surface area contributed by atoms with Crippen LogP contribution in [-0.4, -0.2) is 35.2 Å². The average Bonchev–Trinajstić information content (AvgIpc) is 3.26. The molecule has 1 aromatic carbocycles. The van der Waals surface area contributed by atoms with Gasteiger partial charge in [0.2, 0.25) is 0 Å². The fraction of sp³-hybridized carbons (Fsp3) is 0.438. The maximum absolute atomic E-state index is 12.3. The summed E-state index contributed by atoms with van der Waals surface area (Å²) < 4.78 is 0. The molecule has 0 unspecified atom stereocenters. The third kappa shape index (κ3) is 2.55. The molecule has 1 aromatic rings. The van der Waals surface area contributed by atoms with E-state index in [1.807, 2.05) is 6.92 Å². The first kappa shape index (κ1) is 13.8. The standard InChI is InChI=1S/C16H18N2O3/c1-2-3-8-18-15(20)12-7-4-10(9-13(12)16(18)21)14(19)17-11-5-6-11/h4,7,9,11H,2-3,5-6,8H2,1H3,(H,17,19). The van der Waals surface area contributed by atoms with Crippen LogP contribution in [0.4, 0.5) is 0 Å². The fourth-order valence-electron chi connectivity index (χ4n) is 2.45. The first-order valence-electron chi connectivity index (χ1n) is 7.43. The van der Waals surface area contributed by atoms with Gasteiger partial charge in [-0.05, 0) is 37.5 Å². The number of carbonyl (C=O) groups excluding carboxylic acids is 3. The van der Waals surface area contributed by atoms with Crippen molar-refractivity contribution >= 4 is 17.7 Å². The number of carbonyl (C=O) groups is 3. The van der Waals surface area contributed by atoms with Gasteiger partial charge >= 0.3 is 0 Å². The van der Waals surface area contributed by atoms with Crippen molar-refractivity contribution in [3.8, 4) is 0 Å². The van der Waals surface area contributed by atoms with E-state index in [0.29, 0.717) is 23.2 Å². The Labute approximate surface area is 123 Å². The second-order valence-electron chi connectivity index (χ2n) is 5.62. The highest BCUT2D eigenvalue weighted by Crippen LogP contribution is 2.25. The summed E-state index contributed by atoms with van der Waals surface area (Å²) in [6, 6.07) is 5.01. The smallest absolute Gasteiger partial charge is 0.261 e. The second kappa shape index (κ2) is 5.31. The molecule has 2 aliphatic rings. The Bertz CT molecular complexity index is 620. The summed E-state index contributed by atoms with van der Waals surface area (Å²) in [7, 11) is 0. The van der Waals surface area contributed by atoms with Crippen molar-refractivity contribution in [3.63, 3.8) is 0 Å². The Morgan fingerprint density at radius 3 is 2.62 bits per heavy atom. The highest BCUT2D eigenvalue weighted by Gasteiger charge is 2.35. The van der Waals surface area contributed by atoms with Crippen molar-refractivity contribution in [2.75, 3.05) is 6.54 Å². The Morgan fingerprint density at radius 2 is 1.95 bits per heavy atom. The molecule has 1 aliphatic heterocycles. The van der Waals surface area contributed by atoms with E-state index in [-0.39, 0.29) is 23.8 Å². The van der Waals surface area contributed by atoms with Gasteiger partial charge in [-0.15, -0.1) is 0 Å². The van der Waals surface area contributed by atoms with Gasteiger partial charge in [-0.2, -0.15) is 0 Å². The minimum Gasteiger partial charge on any atom is -0.349 e. The number of hydrogen-bond acceptors (Lipinski definition) is 3. The van der Waals surface area contributed by atoms with Gasteiger partial charge in [-0.1, -0.05) is 13.3 Å². The van der Waals surface area contributed by atoms with Gasteiger partial charge in [0.15, 0.2) is 0 Å². The third-order valence-electron chi connectivity index (χ3n) is 3.88. The molecule has 5 heteroatoms. The largest absolute Gasteiger partial charge is 0.349 e. The zero-order chi connectivity index (χ0) is 15.0. The molecule has 5 nitrogen and oxygen atoms in total. The van der Waals surface area contributed by atoms with Crippen LogP contribution in [0, 0.1) is 0 Å². The summed E-state index contributed by atoms with van der Waals surface area (Å²) in [5.41, 5.74) is 1.19. The summed E-state index contributed by atoms with van der Waals surface area (Å²) in [5.74, 6) is -0.713. The number of benzene rings is 1. The van der Waals surface area contributed by atoms with E-state index in [4.69, 9.17) is 0 Å². The first-order chi connectivity index (χ1) is 10.1. The summed E-state index contributed by atoms with van der Waals surface area (Å²) in [6.45, 7) is 2.45. The van der Waals surface area contributed by atoms with E-state index in [2.05, 4.69) is 5.32 Å². The van der Waals surface area contributed by atoms with Crippen molar-refractivity contribution in [2.45, 2.75) is 38.6 Å². The molecular weight excluding hydrogens is 268 g/mol. The average molecular weight is 286 g/mol. The highest BCUT2D eigenvalue weighted by atomic mass is 16.2. The van der Waals surface area contributed by atoms with Gasteiger partial charge in [0, 0.05) is 18.2 Å². The van der Waals surface area contributed by atoms with Crippen molar-refractivity contribution in [1.82, 2.24) is 10.2 Å². The molecule has 0 atom stereocenters. The second-order valence-corrected chi connectivity index (χ2v) is 5.62. The Balaban J connectivity index is 1.83. The summed E-state index contributed by atoms with van der Waals surface area (Å²) in [4.78, 5) is 37.8. The van der Waals surface area contributed by atoms with Crippen molar-refractivity contribution < 1.29 is 14.4 Å². The lowest BCUT2D eigenvalue weighted by atomic mass is 10.1. The van der Waals surface area contributed by atoms with Crippen LogP contribution in [0.15, 0.2) is 18.2 Å². The van der Waals surface area contributed by atoms with Gasteiger partial charge in [0.25, 0.3) is 17.7 Å². The van der Waals surface area contributed by atoms with Crippen molar-refractivity contribution in [1.29, 1.82) is 0 Å². The predicted octanol–water partition coefficient (Wildman–Crippen LogP) is 1.97. The molecule has 3 rings (SSSR count). The number of hydrogen-bond donors (Lipinski definition) is 1. The number of amides is 3. The Hall–Kier alpha value is -2.17. The van der Waals surface area contributed by atoms with Gasteiger partial charge < -0.3 is 5.32 Å². The molecule has 1 N–H and O–H groups in total. The molecular formula is C16H18N2O3. The molecule has 0 spiro atoms. The molecule has 0 radical (unpaired) electrons. The SMILES string of the molecule is CCCCN1C(=O)c2ccc(C(=O)NC3CC3)cc2C1=O. The topological polar surface area (TPSA) is 66.5 Å². The quantitative estimate of drug-likeness (QED) is 0.842. The number of unbranched alkanes of at least 4 members (excludes halogenated alkanes) is 1. The third-order valence-corrected chi connectivity index (χ3v) is 3.88. The van der Waals surface area contributed by atoms with Crippen LogP contribution in [0.3, 0.4) is 0 Å². The fourth-order valence-corrected chi connectivity index (χ4v) is 2.45. The number of nitrogens with zero attached hydrogens (tertiary/aromatic N) is 1. The summed E-state index contributed by atoms with van der Waals surface area (Å²) in [5, 5.41) is 2.88. The van der Waals surface area contributed by atoms with Gasteiger partial charge in [0.05, 0.1) is 11.1 Å². The summed E-state index contributed by atoms with van der Waals surface area (Å²) >= 11 is 0. The monoisotopic (exact) mass is 286 g/mol. The van der Waals surface area contributed by atoms with E-state index < -0.39 is 0 Å². The van der Waals surface area contributed by atoms with Crippen LogP contribution < -0.4 is 5.32 Å². The molecule has 3 amide bonds. The minimum atomic E-state index is -0.287. The molecule has 0 saturated heterocycles. The lowest BCUT2D eigenvalue weighted by Crippen LogP contribution is -2.30. The highest BCUT2D eigenvalue weighted by molar-refractivity contribution is 6.22. The van der Waals surface area contributed by atoms with Crippen LogP contribution in [0.25, 0.3) is 0 Å². The predicted molar refractivity (Wildman–Crippen MR) is 77.2 cm³/mol. The maximum Gasteiger partial charge on any atom is 0.261 e. The Kier molecular flexibility index (Phi) is 3.49. The van der Waals surface area contributed by atoms with Crippen LogP contribution in [0.1, 0.15) is 63.7 Å². The van der Waals surface area contributed by atoms with E-state index in [1.165, 1.54) is 4.90 Å². The van der Waals surface area contributed by atoms with E-state index in [1.54, 1.807) is 18.2 Å². The van der Waals surface area contributed by atoms with Crippen molar-refractivity contribution in [3.05, 3.63) is 34.9 Å². The lowest BCUT2D eigenvalue weighted by Gasteiger charge is -2.12. The minimum absolute atomic E-state index is 0.174. The van der Waals surface area contributed by atoms with Gasteiger partial charge in [-0.25, -0.2) is 0 Å². The zero-order valence-electron chi connectivity index (χ0n) is 12.0.